The van der Waals surface area contributed by atoms with Crippen molar-refractivity contribution in [1.29, 1.82) is 0 Å². The Morgan fingerprint density at radius 2 is 1.90 bits per heavy atom. The van der Waals surface area contributed by atoms with E-state index in [1.165, 1.54) is 23.8 Å². The first-order valence-corrected chi connectivity index (χ1v) is 8.12. The molecule has 1 aromatic rings. The Bertz CT molecular complexity index is 588. The van der Waals surface area contributed by atoms with E-state index in [0.29, 0.717) is 31.3 Å². The summed E-state index contributed by atoms with van der Waals surface area (Å²) in [5, 5.41) is -0.174. The van der Waals surface area contributed by atoms with Crippen LogP contribution in [0.25, 0.3) is 0 Å². The maximum Gasteiger partial charge on any atom is 0.278 e. The van der Waals surface area contributed by atoms with Gasteiger partial charge in [-0.3, -0.25) is 0 Å². The Hall–Kier alpha value is -1.41. The van der Waals surface area contributed by atoms with Gasteiger partial charge in [0.25, 0.3) is 11.8 Å². The quantitative estimate of drug-likeness (QED) is 0.784. The number of rotatable bonds is 5. The van der Waals surface area contributed by atoms with Crippen LogP contribution in [0.3, 0.4) is 0 Å². The third kappa shape index (κ3) is 2.57. The molecular weight excluding hydrogens is 282 g/mol. The molecule has 7 nitrogen and oxygen atoms in total. The fourth-order valence-corrected chi connectivity index (χ4v) is 4.18. The van der Waals surface area contributed by atoms with Crippen LogP contribution in [-0.4, -0.2) is 54.2 Å². The van der Waals surface area contributed by atoms with Crippen LogP contribution in [0.15, 0.2) is 12.4 Å². The van der Waals surface area contributed by atoms with Crippen molar-refractivity contribution in [3.05, 3.63) is 12.4 Å². The lowest BCUT2D eigenvalue weighted by molar-refractivity contribution is 0.194. The van der Waals surface area contributed by atoms with Gasteiger partial charge in [-0.05, 0) is 19.3 Å². The number of nitrogens with zero attached hydrogens (tertiary/aromatic N) is 3. The van der Waals surface area contributed by atoms with E-state index in [4.69, 9.17) is 9.47 Å². The first-order valence-electron chi connectivity index (χ1n) is 6.62. The Morgan fingerprint density at radius 3 is 2.55 bits per heavy atom. The van der Waals surface area contributed by atoms with Gasteiger partial charge in [-0.25, -0.2) is 18.4 Å². The highest BCUT2D eigenvalue weighted by molar-refractivity contribution is 7.90. The summed E-state index contributed by atoms with van der Waals surface area (Å²) in [6.07, 6.45) is 5.06. The van der Waals surface area contributed by atoms with Crippen LogP contribution in [0.1, 0.15) is 19.3 Å². The molecule has 1 aliphatic heterocycles. The third-order valence-electron chi connectivity index (χ3n) is 3.52. The average molecular weight is 299 g/mol. The number of methoxy groups -OCH3 is 1. The average Bonchev–Trinajstić information content (AvgIpc) is 3.20. The van der Waals surface area contributed by atoms with Crippen molar-refractivity contribution in [2.45, 2.75) is 30.6 Å². The highest BCUT2D eigenvalue weighted by Gasteiger charge is 2.43. The van der Waals surface area contributed by atoms with Crippen LogP contribution in [0.4, 0.5) is 0 Å². The molecule has 0 N–H and O–H groups in total. The molecule has 0 unspecified atom stereocenters. The van der Waals surface area contributed by atoms with Crippen molar-refractivity contribution in [3.8, 4) is 11.8 Å². The highest BCUT2D eigenvalue weighted by Crippen LogP contribution is 2.33. The number of ether oxygens (including phenoxy) is 2. The lowest BCUT2D eigenvalue weighted by Crippen LogP contribution is -2.33. The van der Waals surface area contributed by atoms with Crippen LogP contribution in [-0.2, 0) is 10.0 Å². The number of hydrogen-bond donors (Lipinski definition) is 0. The third-order valence-corrected chi connectivity index (χ3v) is 5.88. The standard InChI is InChI=1S/C12H17N3O4S/c1-18-11-12(14-6-5-13-11)19-9-4-7-15(8-9)20(16,17)10-2-3-10/h5-6,9-10H,2-4,7-8H2,1H3/t9-/m1/s1. The molecule has 1 aliphatic carbocycles. The summed E-state index contributed by atoms with van der Waals surface area (Å²) < 4.78 is 36.6. The van der Waals surface area contributed by atoms with Gasteiger partial charge in [-0.1, -0.05) is 0 Å². The predicted octanol–water partition coefficient (Wildman–Crippen LogP) is 0.431. The minimum absolute atomic E-state index is 0.174. The topological polar surface area (TPSA) is 81.6 Å². The molecule has 2 aliphatic rings. The first kappa shape index (κ1) is 13.6. The predicted molar refractivity (Wildman–Crippen MR) is 71.1 cm³/mol. The lowest BCUT2D eigenvalue weighted by atomic mass is 10.3. The SMILES string of the molecule is COc1nccnc1O[C@@H]1CCN(S(=O)(=O)C2CC2)C1. The second-order valence-corrected chi connectivity index (χ2v) is 7.21. The Morgan fingerprint density at radius 1 is 1.20 bits per heavy atom. The molecule has 0 aromatic carbocycles. The molecule has 20 heavy (non-hydrogen) atoms. The van der Waals surface area contributed by atoms with Crippen molar-refractivity contribution in [1.82, 2.24) is 14.3 Å². The van der Waals surface area contributed by atoms with E-state index in [-0.39, 0.29) is 11.4 Å². The molecule has 2 fully saturated rings. The zero-order chi connectivity index (χ0) is 14.2. The second kappa shape index (κ2) is 5.17. The maximum absolute atomic E-state index is 12.1. The summed E-state index contributed by atoms with van der Waals surface area (Å²) in [7, 11) is -1.62. The molecule has 8 heteroatoms. The fraction of sp³-hybridized carbons (Fsp3) is 0.667. The summed E-state index contributed by atoms with van der Waals surface area (Å²) >= 11 is 0. The van der Waals surface area contributed by atoms with Gasteiger partial charge in [0, 0.05) is 18.9 Å². The molecule has 3 rings (SSSR count). The van der Waals surface area contributed by atoms with Gasteiger partial charge in [-0.2, -0.15) is 4.31 Å². The lowest BCUT2D eigenvalue weighted by Gasteiger charge is -2.17. The molecule has 0 bridgehead atoms. The van der Waals surface area contributed by atoms with Gasteiger partial charge >= 0.3 is 0 Å². The molecule has 0 amide bonds. The summed E-state index contributed by atoms with van der Waals surface area (Å²) in [5.74, 6) is 0.627. The van der Waals surface area contributed by atoms with Crippen LogP contribution >= 0.6 is 0 Å². The van der Waals surface area contributed by atoms with Crippen LogP contribution in [0.5, 0.6) is 11.8 Å². The van der Waals surface area contributed by atoms with Gasteiger partial charge in [0.2, 0.25) is 10.0 Å². The minimum Gasteiger partial charge on any atom is -0.477 e. The van der Waals surface area contributed by atoms with Crippen LogP contribution < -0.4 is 9.47 Å². The Balaban J connectivity index is 1.66. The van der Waals surface area contributed by atoms with Gasteiger partial charge < -0.3 is 9.47 Å². The van der Waals surface area contributed by atoms with Crippen molar-refractivity contribution in [2.24, 2.45) is 0 Å². The van der Waals surface area contributed by atoms with E-state index < -0.39 is 10.0 Å². The summed E-state index contributed by atoms with van der Waals surface area (Å²) in [6.45, 7) is 0.880. The molecule has 1 aromatic heterocycles. The van der Waals surface area contributed by atoms with E-state index in [0.717, 1.165) is 12.8 Å². The fourth-order valence-electron chi connectivity index (χ4n) is 2.29. The molecule has 0 spiro atoms. The van der Waals surface area contributed by atoms with Crippen LogP contribution in [0.2, 0.25) is 0 Å². The van der Waals surface area contributed by atoms with E-state index in [1.807, 2.05) is 0 Å². The van der Waals surface area contributed by atoms with Crippen molar-refractivity contribution >= 4 is 10.0 Å². The van der Waals surface area contributed by atoms with E-state index in [1.54, 1.807) is 0 Å². The number of aromatic nitrogens is 2. The van der Waals surface area contributed by atoms with Crippen molar-refractivity contribution in [3.63, 3.8) is 0 Å². The van der Waals surface area contributed by atoms with E-state index >= 15 is 0 Å². The molecule has 0 radical (unpaired) electrons. The monoisotopic (exact) mass is 299 g/mol. The molecule has 2 heterocycles. The number of sulfonamides is 1. The molecule has 1 saturated carbocycles. The maximum atomic E-state index is 12.1. The zero-order valence-electron chi connectivity index (χ0n) is 11.2. The second-order valence-electron chi connectivity index (χ2n) is 5.00. The number of hydrogen-bond acceptors (Lipinski definition) is 6. The first-order chi connectivity index (χ1) is 9.61. The summed E-state index contributed by atoms with van der Waals surface area (Å²) in [5.41, 5.74) is 0. The van der Waals surface area contributed by atoms with Crippen LogP contribution in [0, 0.1) is 0 Å². The van der Waals surface area contributed by atoms with Gasteiger partial charge in [-0.15, -0.1) is 0 Å². The smallest absolute Gasteiger partial charge is 0.278 e. The largest absolute Gasteiger partial charge is 0.477 e. The molecule has 1 saturated heterocycles. The zero-order valence-corrected chi connectivity index (χ0v) is 12.0. The Labute approximate surface area is 118 Å². The van der Waals surface area contributed by atoms with Gasteiger partial charge in [0.1, 0.15) is 6.10 Å². The van der Waals surface area contributed by atoms with Gasteiger partial charge in [0.05, 0.1) is 18.9 Å². The minimum atomic E-state index is -3.12. The molecule has 110 valence electrons. The summed E-state index contributed by atoms with van der Waals surface area (Å²) in [4.78, 5) is 8.07. The normalized spacial score (nSPS) is 23.8. The van der Waals surface area contributed by atoms with Gasteiger partial charge in [0.15, 0.2) is 0 Å². The molecule has 1 atom stereocenters. The van der Waals surface area contributed by atoms with E-state index in [2.05, 4.69) is 9.97 Å². The highest BCUT2D eigenvalue weighted by atomic mass is 32.2. The van der Waals surface area contributed by atoms with Crippen molar-refractivity contribution < 1.29 is 17.9 Å². The Kier molecular flexibility index (Phi) is 3.51. The summed E-state index contributed by atoms with van der Waals surface area (Å²) in [6, 6.07) is 0. The molecular formula is C12H17N3O4S. The van der Waals surface area contributed by atoms with Crippen molar-refractivity contribution in [2.75, 3.05) is 20.2 Å². The van der Waals surface area contributed by atoms with E-state index in [9.17, 15) is 8.42 Å².